The van der Waals surface area contributed by atoms with Crippen LogP contribution < -0.4 is 10.6 Å². The summed E-state index contributed by atoms with van der Waals surface area (Å²) in [5.41, 5.74) is 6.93. The lowest BCUT2D eigenvalue weighted by atomic mass is 10.1. The second-order valence-electron chi connectivity index (χ2n) is 7.57. The summed E-state index contributed by atoms with van der Waals surface area (Å²) in [6.07, 6.45) is 0.195. The number of phenolic OH excluding ortho intramolecular Hbond substituents is 1. The molecule has 1 saturated heterocycles. The van der Waals surface area contributed by atoms with E-state index in [1.807, 2.05) is 24.3 Å². The first-order valence-electron chi connectivity index (χ1n) is 9.99. The molecule has 0 bridgehead atoms. The van der Waals surface area contributed by atoms with Crippen LogP contribution in [0.15, 0.2) is 60.7 Å². The molecule has 30 heavy (non-hydrogen) atoms. The molecule has 1 aliphatic heterocycles. The molecule has 0 saturated carbocycles. The molecule has 5 N–H and O–H groups in total. The first-order chi connectivity index (χ1) is 14.7. The zero-order valence-electron chi connectivity index (χ0n) is 16.1. The van der Waals surface area contributed by atoms with Crippen molar-refractivity contribution in [2.75, 3.05) is 13.1 Å². The highest BCUT2D eigenvalue weighted by molar-refractivity contribution is 5.86. The van der Waals surface area contributed by atoms with Crippen LogP contribution in [0.25, 0.3) is 44.8 Å². The maximum Gasteiger partial charge on any atom is 0.138 e. The van der Waals surface area contributed by atoms with Gasteiger partial charge in [-0.05, 0) is 60.2 Å². The molecule has 7 nitrogen and oxygen atoms in total. The fraction of sp³-hybridized carbons (Fsp3) is 0.130. The summed E-state index contributed by atoms with van der Waals surface area (Å²) in [5.74, 6) is 1.84. The molecule has 0 spiro atoms. The molecule has 148 valence electrons. The van der Waals surface area contributed by atoms with Crippen LogP contribution in [0.1, 0.15) is 11.7 Å². The highest BCUT2D eigenvalue weighted by Gasteiger charge is 2.16. The molecule has 6 rings (SSSR count). The molecule has 0 unspecified atom stereocenters. The summed E-state index contributed by atoms with van der Waals surface area (Å²) in [5, 5.41) is 16.4. The number of hydrogen-bond donors (Lipinski definition) is 5. The van der Waals surface area contributed by atoms with E-state index in [4.69, 9.17) is 4.98 Å². The minimum Gasteiger partial charge on any atom is -0.508 e. The summed E-state index contributed by atoms with van der Waals surface area (Å²) in [6, 6.07) is 19.4. The van der Waals surface area contributed by atoms with Gasteiger partial charge in [-0.2, -0.15) is 0 Å². The minimum atomic E-state index is 0.195. The Bertz CT molecular complexity index is 1360. The minimum absolute atomic E-state index is 0.195. The Balaban J connectivity index is 1.37. The molecular weight excluding hydrogens is 376 g/mol. The predicted octanol–water partition coefficient (Wildman–Crippen LogP) is 3.67. The van der Waals surface area contributed by atoms with Gasteiger partial charge in [0.05, 0.1) is 28.2 Å². The van der Waals surface area contributed by atoms with E-state index in [-0.39, 0.29) is 11.9 Å². The predicted molar refractivity (Wildman–Crippen MR) is 117 cm³/mol. The van der Waals surface area contributed by atoms with E-state index < -0.39 is 0 Å². The van der Waals surface area contributed by atoms with Crippen molar-refractivity contribution in [1.29, 1.82) is 0 Å². The SMILES string of the molecule is Oc1ccc(-c2nc3ccc(-c4nc5ccc(C6NCCN6)cc5[nH]4)cc3[nH]2)cc1. The number of rotatable bonds is 3. The maximum absolute atomic E-state index is 9.50. The smallest absolute Gasteiger partial charge is 0.138 e. The van der Waals surface area contributed by atoms with Gasteiger partial charge in [0.1, 0.15) is 17.4 Å². The van der Waals surface area contributed by atoms with E-state index in [1.165, 1.54) is 5.56 Å². The lowest BCUT2D eigenvalue weighted by molar-refractivity contribution is 0.475. The fourth-order valence-electron chi connectivity index (χ4n) is 4.00. The molecule has 1 aliphatic rings. The van der Waals surface area contributed by atoms with Gasteiger partial charge < -0.3 is 15.1 Å². The largest absolute Gasteiger partial charge is 0.508 e. The quantitative estimate of drug-likeness (QED) is 0.320. The van der Waals surface area contributed by atoms with Crippen LogP contribution in [0.2, 0.25) is 0 Å². The van der Waals surface area contributed by atoms with Crippen LogP contribution in [-0.2, 0) is 0 Å². The summed E-state index contributed by atoms with van der Waals surface area (Å²) in [6.45, 7) is 1.96. The number of fused-ring (bicyclic) bond motifs is 2. The van der Waals surface area contributed by atoms with E-state index in [0.717, 1.165) is 57.9 Å². The number of aromatic amines is 2. The number of nitrogens with zero attached hydrogens (tertiary/aromatic N) is 2. The zero-order chi connectivity index (χ0) is 20.1. The number of phenols is 1. The number of imidazole rings is 2. The first kappa shape index (κ1) is 17.2. The molecule has 7 heteroatoms. The van der Waals surface area contributed by atoms with Gasteiger partial charge in [0.2, 0.25) is 0 Å². The molecule has 5 aromatic rings. The van der Waals surface area contributed by atoms with Gasteiger partial charge in [0.25, 0.3) is 0 Å². The molecule has 0 aliphatic carbocycles. The number of nitrogens with one attached hydrogen (secondary N) is 4. The Kier molecular flexibility index (Phi) is 3.83. The van der Waals surface area contributed by atoms with E-state index in [1.54, 1.807) is 12.1 Å². The normalized spacial score (nSPS) is 14.8. The van der Waals surface area contributed by atoms with Crippen LogP contribution in [-0.4, -0.2) is 38.1 Å². The Morgan fingerprint density at radius 1 is 0.700 bits per heavy atom. The monoisotopic (exact) mass is 396 g/mol. The lowest BCUT2D eigenvalue weighted by Crippen LogP contribution is -2.20. The second-order valence-corrected chi connectivity index (χ2v) is 7.57. The van der Waals surface area contributed by atoms with Gasteiger partial charge in [0.15, 0.2) is 0 Å². The molecule has 1 fully saturated rings. The number of H-pyrrole nitrogens is 2. The summed E-state index contributed by atoms with van der Waals surface area (Å²) >= 11 is 0. The van der Waals surface area contributed by atoms with E-state index >= 15 is 0 Å². The van der Waals surface area contributed by atoms with Crippen LogP contribution in [0.4, 0.5) is 0 Å². The standard InChI is InChI=1S/C23H20N6O/c30-16-5-1-13(2-6-16)22-26-17-8-4-15(12-20(17)28-22)23-27-18-7-3-14(11-19(18)29-23)21-24-9-10-25-21/h1-8,11-12,21,24-25,30H,9-10H2,(H,26,28)(H,27,29). The summed E-state index contributed by atoms with van der Waals surface area (Å²) in [7, 11) is 0. The Morgan fingerprint density at radius 3 is 2.03 bits per heavy atom. The first-order valence-corrected chi connectivity index (χ1v) is 9.99. The Morgan fingerprint density at radius 2 is 1.30 bits per heavy atom. The molecule has 2 aromatic heterocycles. The van der Waals surface area contributed by atoms with Gasteiger partial charge in [-0.3, -0.25) is 10.6 Å². The van der Waals surface area contributed by atoms with Gasteiger partial charge in [0, 0.05) is 24.2 Å². The van der Waals surface area contributed by atoms with Crippen molar-refractivity contribution in [2.45, 2.75) is 6.17 Å². The number of benzene rings is 3. The van der Waals surface area contributed by atoms with Crippen molar-refractivity contribution < 1.29 is 5.11 Å². The van der Waals surface area contributed by atoms with Crippen LogP contribution in [0, 0.1) is 0 Å². The van der Waals surface area contributed by atoms with Crippen molar-refractivity contribution >= 4 is 22.1 Å². The number of aromatic nitrogens is 4. The van der Waals surface area contributed by atoms with Gasteiger partial charge in [-0.1, -0.05) is 6.07 Å². The third-order valence-electron chi connectivity index (χ3n) is 5.56. The van der Waals surface area contributed by atoms with Crippen molar-refractivity contribution in [1.82, 2.24) is 30.6 Å². The second kappa shape index (κ2) is 6.69. The zero-order valence-corrected chi connectivity index (χ0v) is 16.1. The topological polar surface area (TPSA) is 102 Å². The van der Waals surface area contributed by atoms with Gasteiger partial charge in [-0.15, -0.1) is 0 Å². The Labute approximate surface area is 172 Å². The van der Waals surface area contributed by atoms with Crippen LogP contribution in [0.3, 0.4) is 0 Å². The third-order valence-corrected chi connectivity index (χ3v) is 5.56. The maximum atomic E-state index is 9.50. The van der Waals surface area contributed by atoms with E-state index in [2.05, 4.69) is 49.9 Å². The van der Waals surface area contributed by atoms with Gasteiger partial charge >= 0.3 is 0 Å². The molecule has 0 radical (unpaired) electrons. The third kappa shape index (κ3) is 2.92. The van der Waals surface area contributed by atoms with E-state index in [0.29, 0.717) is 0 Å². The van der Waals surface area contributed by atoms with E-state index in [9.17, 15) is 5.11 Å². The highest BCUT2D eigenvalue weighted by atomic mass is 16.3. The van der Waals surface area contributed by atoms with Crippen molar-refractivity contribution in [3.63, 3.8) is 0 Å². The Hall–Kier alpha value is -3.68. The van der Waals surface area contributed by atoms with Crippen LogP contribution in [0.5, 0.6) is 5.75 Å². The molecule has 3 heterocycles. The molecule has 0 amide bonds. The van der Waals surface area contributed by atoms with Gasteiger partial charge in [-0.25, -0.2) is 9.97 Å². The highest BCUT2D eigenvalue weighted by Crippen LogP contribution is 2.27. The average molecular weight is 396 g/mol. The fourth-order valence-corrected chi connectivity index (χ4v) is 4.00. The lowest BCUT2D eigenvalue weighted by Gasteiger charge is -2.10. The number of hydrogen-bond acceptors (Lipinski definition) is 5. The molecule has 3 aromatic carbocycles. The van der Waals surface area contributed by atoms with Crippen molar-refractivity contribution in [2.24, 2.45) is 0 Å². The summed E-state index contributed by atoms with van der Waals surface area (Å²) in [4.78, 5) is 16.3. The van der Waals surface area contributed by atoms with Crippen molar-refractivity contribution in [3.05, 3.63) is 66.2 Å². The van der Waals surface area contributed by atoms with Crippen LogP contribution >= 0.6 is 0 Å². The molecule has 0 atom stereocenters. The average Bonchev–Trinajstić information content (AvgIpc) is 3.51. The summed E-state index contributed by atoms with van der Waals surface area (Å²) < 4.78 is 0. The number of aromatic hydroxyl groups is 1. The van der Waals surface area contributed by atoms with Crippen molar-refractivity contribution in [3.8, 4) is 28.5 Å². The molecular formula is C23H20N6O.